The molecule has 0 radical (unpaired) electrons. The van der Waals surface area contributed by atoms with Crippen molar-refractivity contribution in [3.05, 3.63) is 29.8 Å². The molecular weight excluding hydrogens is 220 g/mol. The highest BCUT2D eigenvalue weighted by atomic mass is 32.2. The SMILES string of the molecule is Cc1ccccc1NC(=O)CSCCC#N. The van der Waals surface area contributed by atoms with E-state index in [1.807, 2.05) is 37.3 Å². The average Bonchev–Trinajstić information content (AvgIpc) is 2.28. The number of aryl methyl sites for hydroxylation is 1. The number of carbonyl (C=O) groups excluding carboxylic acids is 1. The van der Waals surface area contributed by atoms with Gasteiger partial charge in [0.25, 0.3) is 0 Å². The van der Waals surface area contributed by atoms with Gasteiger partial charge in [-0.05, 0) is 18.6 Å². The Bertz CT molecular complexity index is 398. The highest BCUT2D eigenvalue weighted by Gasteiger charge is 2.03. The number of nitrogens with one attached hydrogen (secondary N) is 1. The van der Waals surface area contributed by atoms with Crippen LogP contribution >= 0.6 is 11.8 Å². The van der Waals surface area contributed by atoms with Crippen LogP contribution in [0.25, 0.3) is 0 Å². The second-order valence-electron chi connectivity index (χ2n) is 3.32. The number of rotatable bonds is 5. The van der Waals surface area contributed by atoms with Gasteiger partial charge in [-0.3, -0.25) is 4.79 Å². The summed E-state index contributed by atoms with van der Waals surface area (Å²) in [6.07, 6.45) is 0.488. The van der Waals surface area contributed by atoms with E-state index in [9.17, 15) is 4.79 Å². The van der Waals surface area contributed by atoms with E-state index in [1.165, 1.54) is 11.8 Å². The van der Waals surface area contributed by atoms with Crippen LogP contribution in [-0.2, 0) is 4.79 Å². The molecule has 84 valence electrons. The van der Waals surface area contributed by atoms with Gasteiger partial charge in [-0.1, -0.05) is 18.2 Å². The molecule has 4 heteroatoms. The van der Waals surface area contributed by atoms with Gasteiger partial charge in [0.1, 0.15) is 0 Å². The van der Waals surface area contributed by atoms with Crippen LogP contribution in [0, 0.1) is 18.3 Å². The zero-order chi connectivity index (χ0) is 11.8. The number of hydrogen-bond donors (Lipinski definition) is 1. The summed E-state index contributed by atoms with van der Waals surface area (Å²) in [4.78, 5) is 11.5. The van der Waals surface area contributed by atoms with Crippen molar-refractivity contribution in [3.63, 3.8) is 0 Å². The second-order valence-corrected chi connectivity index (χ2v) is 4.43. The molecule has 1 rings (SSSR count). The largest absolute Gasteiger partial charge is 0.325 e. The van der Waals surface area contributed by atoms with Gasteiger partial charge in [-0.2, -0.15) is 17.0 Å². The molecule has 1 amide bonds. The molecule has 0 heterocycles. The summed E-state index contributed by atoms with van der Waals surface area (Å²) in [5.74, 6) is 1.09. The van der Waals surface area contributed by atoms with Crippen LogP contribution in [0.5, 0.6) is 0 Å². The van der Waals surface area contributed by atoms with Crippen LogP contribution in [0.15, 0.2) is 24.3 Å². The number of amides is 1. The van der Waals surface area contributed by atoms with Crippen molar-refractivity contribution in [2.75, 3.05) is 16.8 Å². The summed E-state index contributed by atoms with van der Waals surface area (Å²) >= 11 is 1.48. The Hall–Kier alpha value is -1.47. The number of para-hydroxylation sites is 1. The number of nitriles is 1. The number of hydrogen-bond acceptors (Lipinski definition) is 3. The fraction of sp³-hybridized carbons (Fsp3) is 0.333. The summed E-state index contributed by atoms with van der Waals surface area (Å²) in [7, 11) is 0. The molecule has 1 aromatic rings. The molecule has 0 unspecified atom stereocenters. The van der Waals surface area contributed by atoms with Crippen molar-refractivity contribution in [1.29, 1.82) is 5.26 Å². The lowest BCUT2D eigenvalue weighted by molar-refractivity contribution is -0.113. The van der Waals surface area contributed by atoms with Crippen molar-refractivity contribution in [2.45, 2.75) is 13.3 Å². The molecule has 0 aliphatic rings. The molecule has 0 spiro atoms. The predicted octanol–water partition coefficient (Wildman–Crippen LogP) is 2.58. The summed E-state index contributed by atoms with van der Waals surface area (Å²) < 4.78 is 0. The van der Waals surface area contributed by atoms with Crippen LogP contribution in [0.3, 0.4) is 0 Å². The molecule has 1 N–H and O–H groups in total. The zero-order valence-electron chi connectivity index (χ0n) is 9.19. The van der Waals surface area contributed by atoms with Crippen LogP contribution in [-0.4, -0.2) is 17.4 Å². The maximum atomic E-state index is 11.5. The Morgan fingerprint density at radius 2 is 2.25 bits per heavy atom. The second kappa shape index (κ2) is 6.91. The van der Waals surface area contributed by atoms with E-state index < -0.39 is 0 Å². The van der Waals surface area contributed by atoms with Crippen molar-refractivity contribution < 1.29 is 4.79 Å². The molecule has 0 atom stereocenters. The first-order valence-electron chi connectivity index (χ1n) is 5.04. The molecule has 0 fully saturated rings. The molecule has 0 bridgehead atoms. The first kappa shape index (κ1) is 12.6. The van der Waals surface area contributed by atoms with E-state index in [2.05, 4.69) is 5.32 Å². The smallest absolute Gasteiger partial charge is 0.234 e. The lowest BCUT2D eigenvalue weighted by Gasteiger charge is -2.07. The van der Waals surface area contributed by atoms with Gasteiger partial charge in [0.05, 0.1) is 11.8 Å². The number of thioether (sulfide) groups is 1. The Labute approximate surface area is 99.8 Å². The Kier molecular flexibility index (Phi) is 5.44. The predicted molar refractivity (Wildman–Crippen MR) is 67.4 cm³/mol. The van der Waals surface area contributed by atoms with E-state index >= 15 is 0 Å². The normalized spacial score (nSPS) is 9.50. The van der Waals surface area contributed by atoms with E-state index in [0.717, 1.165) is 11.3 Å². The van der Waals surface area contributed by atoms with Gasteiger partial charge in [-0.25, -0.2) is 0 Å². The molecule has 3 nitrogen and oxygen atoms in total. The minimum Gasteiger partial charge on any atom is -0.325 e. The topological polar surface area (TPSA) is 52.9 Å². The maximum Gasteiger partial charge on any atom is 0.234 e. The number of carbonyl (C=O) groups is 1. The Morgan fingerprint density at radius 1 is 1.50 bits per heavy atom. The number of benzene rings is 1. The molecule has 16 heavy (non-hydrogen) atoms. The Balaban J connectivity index is 2.35. The molecule has 0 saturated heterocycles. The number of nitrogens with zero attached hydrogens (tertiary/aromatic N) is 1. The zero-order valence-corrected chi connectivity index (χ0v) is 10.0. The third-order valence-corrected chi connectivity index (χ3v) is 2.97. The first-order chi connectivity index (χ1) is 7.74. The van der Waals surface area contributed by atoms with Crippen molar-refractivity contribution in [3.8, 4) is 6.07 Å². The van der Waals surface area contributed by atoms with Gasteiger partial charge in [0.15, 0.2) is 0 Å². The Morgan fingerprint density at radius 3 is 2.94 bits per heavy atom. The minimum absolute atomic E-state index is 0.0164. The fourth-order valence-electron chi connectivity index (χ4n) is 1.18. The monoisotopic (exact) mass is 234 g/mol. The molecule has 0 saturated carbocycles. The molecule has 1 aromatic carbocycles. The van der Waals surface area contributed by atoms with E-state index in [4.69, 9.17) is 5.26 Å². The van der Waals surface area contributed by atoms with Crippen LogP contribution in [0.4, 0.5) is 5.69 Å². The quantitative estimate of drug-likeness (QED) is 0.797. The van der Waals surface area contributed by atoms with Gasteiger partial charge in [0.2, 0.25) is 5.91 Å². The van der Waals surface area contributed by atoms with Gasteiger partial charge in [0, 0.05) is 17.9 Å². The van der Waals surface area contributed by atoms with Crippen LogP contribution in [0.1, 0.15) is 12.0 Å². The van der Waals surface area contributed by atoms with Crippen molar-refractivity contribution in [1.82, 2.24) is 0 Å². The molecule has 0 aliphatic heterocycles. The van der Waals surface area contributed by atoms with E-state index in [0.29, 0.717) is 17.9 Å². The summed E-state index contributed by atoms with van der Waals surface area (Å²) in [5, 5.41) is 11.2. The van der Waals surface area contributed by atoms with Crippen molar-refractivity contribution >= 4 is 23.4 Å². The van der Waals surface area contributed by atoms with E-state index in [-0.39, 0.29) is 5.91 Å². The summed E-state index contributed by atoms with van der Waals surface area (Å²) in [6.45, 7) is 1.96. The highest BCUT2D eigenvalue weighted by Crippen LogP contribution is 2.13. The van der Waals surface area contributed by atoms with Gasteiger partial charge in [-0.15, -0.1) is 0 Å². The molecule has 0 aliphatic carbocycles. The standard InChI is InChI=1S/C12H14N2OS/c1-10-5-2-3-6-11(10)14-12(15)9-16-8-4-7-13/h2-3,5-6H,4,8-9H2,1H3,(H,14,15). The molecular formula is C12H14N2OS. The van der Waals surface area contributed by atoms with Gasteiger partial charge >= 0.3 is 0 Å². The minimum atomic E-state index is -0.0164. The highest BCUT2D eigenvalue weighted by molar-refractivity contribution is 7.99. The first-order valence-corrected chi connectivity index (χ1v) is 6.19. The summed E-state index contributed by atoms with van der Waals surface area (Å²) in [6, 6.07) is 9.72. The third kappa shape index (κ3) is 4.37. The van der Waals surface area contributed by atoms with Crippen LogP contribution in [0.2, 0.25) is 0 Å². The lowest BCUT2D eigenvalue weighted by Crippen LogP contribution is -2.15. The summed E-state index contributed by atoms with van der Waals surface area (Å²) in [5.41, 5.74) is 1.91. The van der Waals surface area contributed by atoms with Gasteiger partial charge < -0.3 is 5.32 Å². The van der Waals surface area contributed by atoms with Crippen LogP contribution < -0.4 is 5.32 Å². The van der Waals surface area contributed by atoms with E-state index in [1.54, 1.807) is 0 Å². The molecule has 0 aromatic heterocycles. The van der Waals surface area contributed by atoms with Crippen molar-refractivity contribution in [2.24, 2.45) is 0 Å². The lowest BCUT2D eigenvalue weighted by atomic mass is 10.2. The number of anilines is 1. The fourth-order valence-corrected chi connectivity index (χ4v) is 1.82. The third-order valence-electron chi connectivity index (χ3n) is 2.01. The average molecular weight is 234 g/mol. The maximum absolute atomic E-state index is 11.5.